The SMILES string of the molecule is N#CC(C#N)=NNc1ccc(Oc2ccc(B(O)O)cc2)cc1. The van der Waals surface area contributed by atoms with Crippen LogP contribution in [0, 0.1) is 22.7 Å². The molecule has 0 saturated heterocycles. The summed E-state index contributed by atoms with van der Waals surface area (Å²) in [4.78, 5) is 0. The monoisotopic (exact) mass is 306 g/mol. The molecule has 0 saturated carbocycles. The Morgan fingerprint density at radius 2 is 1.48 bits per heavy atom. The van der Waals surface area contributed by atoms with E-state index in [0.29, 0.717) is 22.6 Å². The molecule has 2 aromatic carbocycles. The van der Waals surface area contributed by atoms with Crippen molar-refractivity contribution in [3.63, 3.8) is 0 Å². The summed E-state index contributed by atoms with van der Waals surface area (Å²) in [6.07, 6.45) is 0. The van der Waals surface area contributed by atoms with Crippen molar-refractivity contribution >= 4 is 24.0 Å². The van der Waals surface area contributed by atoms with E-state index in [1.165, 1.54) is 0 Å². The Morgan fingerprint density at radius 3 is 1.96 bits per heavy atom. The molecule has 2 rings (SSSR count). The van der Waals surface area contributed by atoms with Crippen molar-refractivity contribution < 1.29 is 14.8 Å². The second kappa shape index (κ2) is 7.62. The van der Waals surface area contributed by atoms with Crippen molar-refractivity contribution in [2.75, 3.05) is 5.43 Å². The summed E-state index contributed by atoms with van der Waals surface area (Å²) in [7, 11) is -1.51. The van der Waals surface area contributed by atoms with Crippen molar-refractivity contribution in [1.82, 2.24) is 0 Å². The Balaban J connectivity index is 2.01. The first kappa shape index (κ1) is 16.1. The largest absolute Gasteiger partial charge is 0.488 e. The molecule has 8 heteroatoms. The van der Waals surface area contributed by atoms with Crippen LogP contribution in [0.5, 0.6) is 11.5 Å². The molecule has 7 nitrogen and oxygen atoms in total. The van der Waals surface area contributed by atoms with E-state index < -0.39 is 7.12 Å². The number of hydrazone groups is 1. The van der Waals surface area contributed by atoms with Crippen LogP contribution in [-0.4, -0.2) is 22.9 Å². The Hall–Kier alpha value is -3.33. The standard InChI is InChI=1S/C15H11BN4O3/c17-9-13(10-18)20-19-12-3-7-15(8-4-12)23-14-5-1-11(2-6-14)16(21)22/h1-8,19,21-22H. The van der Waals surface area contributed by atoms with Crippen LogP contribution in [-0.2, 0) is 0 Å². The van der Waals surface area contributed by atoms with Crippen LogP contribution in [0.3, 0.4) is 0 Å². The third kappa shape index (κ3) is 4.58. The van der Waals surface area contributed by atoms with Crippen LogP contribution in [0.25, 0.3) is 0 Å². The van der Waals surface area contributed by atoms with Crippen molar-refractivity contribution in [2.45, 2.75) is 0 Å². The number of benzene rings is 2. The zero-order valence-corrected chi connectivity index (χ0v) is 11.8. The van der Waals surface area contributed by atoms with Crippen molar-refractivity contribution in [3.8, 4) is 23.6 Å². The van der Waals surface area contributed by atoms with Gasteiger partial charge in [0.1, 0.15) is 23.6 Å². The van der Waals surface area contributed by atoms with E-state index in [1.54, 1.807) is 60.7 Å². The van der Waals surface area contributed by atoms with Gasteiger partial charge in [-0.25, -0.2) is 0 Å². The molecule has 0 atom stereocenters. The fraction of sp³-hybridized carbons (Fsp3) is 0. The van der Waals surface area contributed by atoms with Gasteiger partial charge in [0.2, 0.25) is 5.71 Å². The minimum atomic E-state index is -1.51. The van der Waals surface area contributed by atoms with Gasteiger partial charge >= 0.3 is 7.12 Å². The second-order valence-corrected chi connectivity index (χ2v) is 4.36. The molecule has 0 aromatic heterocycles. The molecule has 0 heterocycles. The fourth-order valence-corrected chi connectivity index (χ4v) is 1.64. The molecule has 23 heavy (non-hydrogen) atoms. The molecule has 0 amide bonds. The summed E-state index contributed by atoms with van der Waals surface area (Å²) in [6, 6.07) is 16.4. The van der Waals surface area contributed by atoms with Crippen LogP contribution < -0.4 is 15.6 Å². The van der Waals surface area contributed by atoms with Gasteiger partial charge in [0.05, 0.1) is 5.69 Å². The Kier molecular flexibility index (Phi) is 5.32. The van der Waals surface area contributed by atoms with E-state index in [2.05, 4.69) is 10.5 Å². The van der Waals surface area contributed by atoms with Crippen molar-refractivity contribution in [2.24, 2.45) is 5.10 Å². The van der Waals surface area contributed by atoms with Crippen molar-refractivity contribution in [3.05, 3.63) is 48.5 Å². The number of nitrogens with one attached hydrogen (secondary N) is 1. The predicted molar refractivity (Wildman–Crippen MR) is 85.1 cm³/mol. The van der Waals surface area contributed by atoms with E-state index >= 15 is 0 Å². The van der Waals surface area contributed by atoms with Crippen LogP contribution in [0.2, 0.25) is 0 Å². The minimum Gasteiger partial charge on any atom is -0.457 e. The molecule has 0 aliphatic carbocycles. The van der Waals surface area contributed by atoms with E-state index in [-0.39, 0.29) is 5.71 Å². The summed E-state index contributed by atoms with van der Waals surface area (Å²) >= 11 is 0. The lowest BCUT2D eigenvalue weighted by molar-refractivity contribution is 0.425. The zero-order chi connectivity index (χ0) is 16.7. The highest BCUT2D eigenvalue weighted by Gasteiger charge is 2.10. The third-order valence-corrected chi connectivity index (χ3v) is 2.78. The average molecular weight is 306 g/mol. The van der Waals surface area contributed by atoms with Gasteiger partial charge in [0.15, 0.2) is 0 Å². The molecule has 112 valence electrons. The Labute approximate surface area is 132 Å². The first-order valence-electron chi connectivity index (χ1n) is 6.50. The number of ether oxygens (including phenoxy) is 1. The molecule has 0 bridgehead atoms. The molecule has 3 N–H and O–H groups in total. The van der Waals surface area contributed by atoms with E-state index in [9.17, 15) is 0 Å². The maximum atomic E-state index is 9.02. The first-order valence-corrected chi connectivity index (χ1v) is 6.50. The van der Waals surface area contributed by atoms with Gasteiger partial charge < -0.3 is 14.8 Å². The maximum absolute atomic E-state index is 9.02. The number of hydrogen-bond acceptors (Lipinski definition) is 7. The second-order valence-electron chi connectivity index (χ2n) is 4.36. The molecule has 0 radical (unpaired) electrons. The summed E-state index contributed by atoms with van der Waals surface area (Å²) < 4.78 is 5.60. The van der Waals surface area contributed by atoms with Gasteiger partial charge in [0, 0.05) is 0 Å². The highest BCUT2D eigenvalue weighted by molar-refractivity contribution is 6.58. The minimum absolute atomic E-state index is 0.267. The molecule has 0 aliphatic heterocycles. The zero-order valence-electron chi connectivity index (χ0n) is 11.8. The normalized spacial score (nSPS) is 9.22. The van der Waals surface area contributed by atoms with Gasteiger partial charge in [-0.2, -0.15) is 15.6 Å². The lowest BCUT2D eigenvalue weighted by Crippen LogP contribution is -2.29. The summed E-state index contributed by atoms with van der Waals surface area (Å²) in [5.41, 5.74) is 3.29. The van der Waals surface area contributed by atoms with Crippen LogP contribution >= 0.6 is 0 Å². The van der Waals surface area contributed by atoms with Gasteiger partial charge in [-0.05, 0) is 41.9 Å². The van der Waals surface area contributed by atoms with E-state index in [1.807, 2.05) is 0 Å². The van der Waals surface area contributed by atoms with Crippen LogP contribution in [0.1, 0.15) is 0 Å². The smallest absolute Gasteiger partial charge is 0.457 e. The summed E-state index contributed by atoms with van der Waals surface area (Å²) in [6.45, 7) is 0. The van der Waals surface area contributed by atoms with Crippen LogP contribution in [0.15, 0.2) is 53.6 Å². The average Bonchev–Trinajstić information content (AvgIpc) is 2.58. The molecule has 0 unspecified atom stereocenters. The maximum Gasteiger partial charge on any atom is 0.488 e. The molecule has 2 aromatic rings. The molecular formula is C15H11BN4O3. The molecule has 0 spiro atoms. The van der Waals surface area contributed by atoms with Gasteiger partial charge in [0.25, 0.3) is 0 Å². The Bertz CT molecular complexity index is 758. The van der Waals surface area contributed by atoms with Crippen LogP contribution in [0.4, 0.5) is 5.69 Å². The highest BCUT2D eigenvalue weighted by Crippen LogP contribution is 2.22. The van der Waals surface area contributed by atoms with Gasteiger partial charge in [-0.3, -0.25) is 5.43 Å². The number of nitrogens with zero attached hydrogens (tertiary/aromatic N) is 3. The molecule has 0 aliphatic rings. The first-order chi connectivity index (χ1) is 11.1. The lowest BCUT2D eigenvalue weighted by Gasteiger charge is -2.07. The summed E-state index contributed by atoms with van der Waals surface area (Å²) in [5.74, 6) is 1.11. The van der Waals surface area contributed by atoms with Crippen molar-refractivity contribution in [1.29, 1.82) is 10.5 Å². The fourth-order valence-electron chi connectivity index (χ4n) is 1.64. The van der Waals surface area contributed by atoms with Gasteiger partial charge in [-0.15, -0.1) is 0 Å². The Morgan fingerprint density at radius 1 is 0.957 bits per heavy atom. The molecule has 0 fully saturated rings. The van der Waals surface area contributed by atoms with E-state index in [4.69, 9.17) is 25.3 Å². The lowest BCUT2D eigenvalue weighted by atomic mass is 9.80. The predicted octanol–water partition coefficient (Wildman–Crippen LogP) is 0.974. The summed E-state index contributed by atoms with van der Waals surface area (Å²) in [5, 5.41) is 38.8. The quantitative estimate of drug-likeness (QED) is 0.430. The van der Waals surface area contributed by atoms with E-state index in [0.717, 1.165) is 0 Å². The number of anilines is 1. The number of nitriles is 2. The number of hydrogen-bond donors (Lipinski definition) is 3. The van der Waals surface area contributed by atoms with Gasteiger partial charge in [-0.1, -0.05) is 12.1 Å². The molecular weight excluding hydrogens is 295 g/mol. The highest BCUT2D eigenvalue weighted by atomic mass is 16.5. The topological polar surface area (TPSA) is 122 Å². The third-order valence-electron chi connectivity index (χ3n) is 2.78. The number of rotatable bonds is 5.